The summed E-state index contributed by atoms with van der Waals surface area (Å²) < 4.78 is 0. The molecule has 0 radical (unpaired) electrons. The fourth-order valence-corrected chi connectivity index (χ4v) is 2.75. The first-order valence-electron chi connectivity index (χ1n) is 6.15. The van der Waals surface area contributed by atoms with E-state index in [1.165, 1.54) is 0 Å². The number of rotatable bonds is 7. The van der Waals surface area contributed by atoms with Crippen molar-refractivity contribution < 1.29 is 9.90 Å². The Morgan fingerprint density at radius 3 is 2.83 bits per heavy atom. The van der Waals surface area contributed by atoms with E-state index in [0.717, 1.165) is 9.90 Å². The fraction of sp³-hybridized carbons (Fsp3) is 0.615. The minimum Gasteiger partial charge on any atom is -0.391 e. The van der Waals surface area contributed by atoms with Crippen molar-refractivity contribution in [3.63, 3.8) is 0 Å². The molecule has 3 nitrogen and oxygen atoms in total. The normalized spacial score (nSPS) is 12.7. The molecule has 102 valence electrons. The lowest BCUT2D eigenvalue weighted by molar-refractivity contribution is -0.121. The van der Waals surface area contributed by atoms with Gasteiger partial charge in [0, 0.05) is 23.2 Å². The van der Waals surface area contributed by atoms with Crippen molar-refractivity contribution in [2.24, 2.45) is 5.92 Å². The number of aryl methyl sites for hydroxylation is 1. The van der Waals surface area contributed by atoms with Crippen molar-refractivity contribution in [2.45, 2.75) is 39.2 Å². The molecule has 1 atom stereocenters. The molecule has 1 heterocycles. The summed E-state index contributed by atoms with van der Waals surface area (Å²) in [5.41, 5.74) is 0. The Morgan fingerprint density at radius 1 is 1.56 bits per heavy atom. The quantitative estimate of drug-likeness (QED) is 0.811. The van der Waals surface area contributed by atoms with Gasteiger partial charge in [0.2, 0.25) is 5.91 Å². The lowest BCUT2D eigenvalue weighted by Crippen LogP contribution is -2.32. The van der Waals surface area contributed by atoms with Crippen molar-refractivity contribution in [1.82, 2.24) is 5.32 Å². The van der Waals surface area contributed by atoms with Gasteiger partial charge in [-0.2, -0.15) is 0 Å². The summed E-state index contributed by atoms with van der Waals surface area (Å²) in [6, 6.07) is 1.88. The van der Waals surface area contributed by atoms with E-state index < -0.39 is 6.10 Å². The Hall–Kier alpha value is -0.580. The van der Waals surface area contributed by atoms with E-state index in [-0.39, 0.29) is 5.91 Å². The molecule has 0 spiro atoms. The van der Waals surface area contributed by atoms with Crippen molar-refractivity contribution in [3.8, 4) is 0 Å². The summed E-state index contributed by atoms with van der Waals surface area (Å²) in [7, 11) is 0. The van der Waals surface area contributed by atoms with Gasteiger partial charge in [0.25, 0.3) is 0 Å². The van der Waals surface area contributed by atoms with Gasteiger partial charge in [0.1, 0.15) is 0 Å². The first-order valence-corrected chi connectivity index (χ1v) is 7.40. The summed E-state index contributed by atoms with van der Waals surface area (Å²) in [6.45, 7) is 4.43. The highest BCUT2D eigenvalue weighted by Crippen LogP contribution is 2.20. The van der Waals surface area contributed by atoms with Crippen LogP contribution in [0.15, 0.2) is 11.4 Å². The van der Waals surface area contributed by atoms with Gasteiger partial charge in [-0.1, -0.05) is 25.4 Å². The van der Waals surface area contributed by atoms with Crippen LogP contribution in [0.5, 0.6) is 0 Å². The van der Waals surface area contributed by atoms with Crippen LogP contribution in [-0.2, 0) is 11.2 Å². The standard InChI is InChI=1S/C13H20ClNO2S/c1-9(2)5-11(16)7-15-13(17)4-3-12-6-10(14)8-18-12/h6,8-9,11,16H,3-5,7H2,1-2H3,(H,15,17). The van der Waals surface area contributed by atoms with Gasteiger partial charge >= 0.3 is 0 Å². The van der Waals surface area contributed by atoms with E-state index in [2.05, 4.69) is 5.32 Å². The van der Waals surface area contributed by atoms with Gasteiger partial charge in [0.05, 0.1) is 11.1 Å². The summed E-state index contributed by atoms with van der Waals surface area (Å²) in [6.07, 6.45) is 1.39. The molecule has 1 rings (SSSR count). The molecule has 0 aliphatic carbocycles. The molecule has 1 aromatic rings. The molecule has 1 amide bonds. The molecular formula is C13H20ClNO2S. The molecule has 0 saturated heterocycles. The Morgan fingerprint density at radius 2 is 2.28 bits per heavy atom. The maximum absolute atomic E-state index is 11.6. The molecule has 0 aliphatic rings. The second-order valence-corrected chi connectivity index (χ2v) is 6.25. The zero-order valence-electron chi connectivity index (χ0n) is 10.8. The van der Waals surface area contributed by atoms with E-state index >= 15 is 0 Å². The van der Waals surface area contributed by atoms with Crippen LogP contribution in [0.4, 0.5) is 0 Å². The van der Waals surface area contributed by atoms with Crippen LogP contribution in [0, 0.1) is 5.92 Å². The summed E-state index contributed by atoms with van der Waals surface area (Å²) in [4.78, 5) is 12.7. The van der Waals surface area contributed by atoms with Gasteiger partial charge in [-0.05, 0) is 24.8 Å². The molecule has 2 N–H and O–H groups in total. The van der Waals surface area contributed by atoms with Crippen LogP contribution in [-0.4, -0.2) is 23.7 Å². The lowest BCUT2D eigenvalue weighted by Gasteiger charge is -2.13. The molecule has 0 bridgehead atoms. The minimum atomic E-state index is -0.454. The van der Waals surface area contributed by atoms with Gasteiger partial charge in [0.15, 0.2) is 0 Å². The summed E-state index contributed by atoms with van der Waals surface area (Å²) in [5.74, 6) is 0.410. The molecule has 18 heavy (non-hydrogen) atoms. The minimum absolute atomic E-state index is 0.0256. The van der Waals surface area contributed by atoms with Crippen LogP contribution in [0.25, 0.3) is 0 Å². The molecule has 0 aromatic carbocycles. The zero-order chi connectivity index (χ0) is 13.5. The van der Waals surface area contributed by atoms with E-state index in [1.54, 1.807) is 11.3 Å². The van der Waals surface area contributed by atoms with Gasteiger partial charge < -0.3 is 10.4 Å². The highest BCUT2D eigenvalue weighted by atomic mass is 35.5. The summed E-state index contributed by atoms with van der Waals surface area (Å²) in [5, 5.41) is 15.0. The van der Waals surface area contributed by atoms with Crippen molar-refractivity contribution in [2.75, 3.05) is 6.54 Å². The molecule has 0 fully saturated rings. The molecule has 1 aromatic heterocycles. The third-order valence-corrected chi connectivity index (χ3v) is 3.84. The molecule has 0 saturated carbocycles. The smallest absolute Gasteiger partial charge is 0.220 e. The van der Waals surface area contributed by atoms with Crippen LogP contribution in [0.1, 0.15) is 31.6 Å². The maximum atomic E-state index is 11.6. The van der Waals surface area contributed by atoms with Crippen molar-refractivity contribution in [3.05, 3.63) is 21.3 Å². The third kappa shape index (κ3) is 6.38. The van der Waals surface area contributed by atoms with E-state index in [0.29, 0.717) is 31.7 Å². The SMILES string of the molecule is CC(C)CC(O)CNC(=O)CCc1cc(Cl)cs1. The predicted octanol–water partition coefficient (Wildman–Crippen LogP) is 2.86. The highest BCUT2D eigenvalue weighted by Gasteiger charge is 2.09. The van der Waals surface area contributed by atoms with E-state index in [9.17, 15) is 9.90 Å². The summed E-state index contributed by atoms with van der Waals surface area (Å²) >= 11 is 7.37. The van der Waals surface area contributed by atoms with Crippen molar-refractivity contribution >= 4 is 28.8 Å². The topological polar surface area (TPSA) is 49.3 Å². The second kappa shape index (κ2) is 7.77. The average molecular weight is 290 g/mol. The van der Waals surface area contributed by atoms with Crippen molar-refractivity contribution in [1.29, 1.82) is 0 Å². The van der Waals surface area contributed by atoms with Crippen LogP contribution in [0.3, 0.4) is 0 Å². The molecule has 0 aliphatic heterocycles. The van der Waals surface area contributed by atoms with Crippen LogP contribution in [0.2, 0.25) is 5.02 Å². The molecular weight excluding hydrogens is 270 g/mol. The first-order chi connectivity index (χ1) is 8.47. The number of thiophene rings is 1. The van der Waals surface area contributed by atoms with Gasteiger partial charge in [-0.15, -0.1) is 11.3 Å². The third-order valence-electron chi connectivity index (χ3n) is 2.50. The van der Waals surface area contributed by atoms with Crippen LogP contribution >= 0.6 is 22.9 Å². The zero-order valence-corrected chi connectivity index (χ0v) is 12.4. The van der Waals surface area contributed by atoms with E-state index in [4.69, 9.17) is 11.6 Å². The number of carbonyl (C=O) groups excluding carboxylic acids is 1. The van der Waals surface area contributed by atoms with Crippen LogP contribution < -0.4 is 5.32 Å². The lowest BCUT2D eigenvalue weighted by atomic mass is 10.1. The Kier molecular flexibility index (Phi) is 6.68. The highest BCUT2D eigenvalue weighted by molar-refractivity contribution is 7.10. The molecule has 1 unspecified atom stereocenters. The van der Waals surface area contributed by atoms with Gasteiger partial charge in [-0.25, -0.2) is 0 Å². The first kappa shape index (κ1) is 15.5. The number of hydrogen-bond acceptors (Lipinski definition) is 3. The number of hydrogen-bond donors (Lipinski definition) is 2. The van der Waals surface area contributed by atoms with Gasteiger partial charge in [-0.3, -0.25) is 4.79 Å². The number of aliphatic hydroxyl groups excluding tert-OH is 1. The Labute approximate surface area is 117 Å². The maximum Gasteiger partial charge on any atom is 0.220 e. The number of carbonyl (C=O) groups is 1. The molecule has 5 heteroatoms. The monoisotopic (exact) mass is 289 g/mol. The predicted molar refractivity (Wildman–Crippen MR) is 76.1 cm³/mol. The Balaban J connectivity index is 2.18. The fourth-order valence-electron chi connectivity index (χ4n) is 1.67. The Bertz CT molecular complexity index is 379. The number of amides is 1. The second-order valence-electron chi connectivity index (χ2n) is 4.82. The number of halogens is 1. The average Bonchev–Trinajstić information content (AvgIpc) is 2.69. The van der Waals surface area contributed by atoms with E-state index in [1.807, 2.05) is 25.3 Å². The largest absolute Gasteiger partial charge is 0.391 e. The number of nitrogens with one attached hydrogen (secondary N) is 1. The number of aliphatic hydroxyl groups is 1.